The first kappa shape index (κ1) is 29.3. The molecule has 4 rings (SSSR count). The minimum Gasteiger partial charge on any atom is -0.394 e. The van der Waals surface area contributed by atoms with Crippen molar-refractivity contribution < 1.29 is 24.2 Å². The molecule has 3 aliphatic heterocycles. The zero-order valence-corrected chi connectivity index (χ0v) is 24.1. The number of aliphatic hydroxyl groups excluding tert-OH is 1. The van der Waals surface area contributed by atoms with Gasteiger partial charge >= 0.3 is 0 Å². The molecule has 2 bridgehead atoms. The molecule has 0 radical (unpaired) electrons. The van der Waals surface area contributed by atoms with E-state index in [-0.39, 0.29) is 36.8 Å². The molecule has 1 aromatic rings. The molecule has 8 nitrogen and oxygen atoms in total. The number of carbonyl (C=O) groups is 3. The Bertz CT molecular complexity index is 1160. The van der Waals surface area contributed by atoms with Gasteiger partial charge in [0, 0.05) is 20.1 Å². The lowest BCUT2D eigenvalue weighted by Gasteiger charge is -2.41. The molecule has 0 saturated carbocycles. The Balaban J connectivity index is 1.89. The normalized spacial score (nSPS) is 30.6. The fraction of sp³-hybridized carbons (Fsp3) is 0.567. The van der Waals surface area contributed by atoms with E-state index in [1.54, 1.807) is 48.4 Å². The van der Waals surface area contributed by atoms with Gasteiger partial charge in [0.05, 0.1) is 40.8 Å². The molecule has 2 unspecified atom stereocenters. The van der Waals surface area contributed by atoms with Gasteiger partial charge in [0.2, 0.25) is 11.8 Å². The van der Waals surface area contributed by atoms with Crippen molar-refractivity contribution in [2.45, 2.75) is 63.3 Å². The van der Waals surface area contributed by atoms with E-state index in [0.717, 1.165) is 0 Å². The number of likely N-dealkylation sites (N-methyl/N-ethyl adjacent to an activating group) is 1. The van der Waals surface area contributed by atoms with Crippen LogP contribution in [0.15, 0.2) is 49.6 Å². The summed E-state index contributed by atoms with van der Waals surface area (Å²) in [6.45, 7) is 13.6. The lowest BCUT2D eigenvalue weighted by Crippen LogP contribution is -2.60. The van der Waals surface area contributed by atoms with Crippen LogP contribution in [0.4, 0.5) is 5.69 Å². The third-order valence-corrected chi connectivity index (χ3v) is 9.38. The molecule has 1 N–H and O–H groups in total. The van der Waals surface area contributed by atoms with Crippen LogP contribution in [0.1, 0.15) is 40.0 Å². The second-order valence-electron chi connectivity index (χ2n) is 11.3. The van der Waals surface area contributed by atoms with Crippen molar-refractivity contribution in [3.05, 3.63) is 54.6 Å². The lowest BCUT2D eigenvalue weighted by molar-refractivity contribution is -0.152. The highest BCUT2D eigenvalue weighted by Gasteiger charge is 2.79. The number of hydrogen-bond donors (Lipinski definition) is 1. The molecule has 0 aromatic heterocycles. The van der Waals surface area contributed by atoms with Crippen molar-refractivity contribution in [2.24, 2.45) is 17.8 Å². The molecule has 9 heteroatoms. The molecule has 39 heavy (non-hydrogen) atoms. The van der Waals surface area contributed by atoms with Gasteiger partial charge in [0.25, 0.3) is 5.91 Å². The van der Waals surface area contributed by atoms with E-state index in [2.05, 4.69) is 13.2 Å². The average molecular weight is 558 g/mol. The number of benzene rings is 1. The quantitative estimate of drug-likeness (QED) is 0.419. The van der Waals surface area contributed by atoms with E-state index in [1.807, 2.05) is 20.8 Å². The van der Waals surface area contributed by atoms with Crippen molar-refractivity contribution in [1.82, 2.24) is 9.80 Å². The predicted octanol–water partition coefficient (Wildman–Crippen LogP) is 3.68. The molecular formula is C30H40ClN3O5. The summed E-state index contributed by atoms with van der Waals surface area (Å²) in [7, 11) is 1.69. The lowest BCUT2D eigenvalue weighted by atomic mass is 9.66. The molecule has 3 aliphatic rings. The van der Waals surface area contributed by atoms with Gasteiger partial charge in [0.1, 0.15) is 11.6 Å². The standard InChI is InChI=1S/C30H40ClN3O5/c1-7-16-32(6)26(36)23-24-27(37)34(22(18-35)19(4)9-3)25(30(24)15-14-29(23,5)39-30)28(38)33(17-8-2)21-13-11-10-12-20(21)31/h7-8,10-13,19,22-25,35H,1-2,9,14-18H2,3-6H3/t19-,22-,23+,24-,25?,29-,30?/m0/s1. The Morgan fingerprint density at radius 2 is 1.90 bits per heavy atom. The number of amides is 3. The fourth-order valence-corrected chi connectivity index (χ4v) is 7.20. The maximum Gasteiger partial charge on any atom is 0.253 e. The Kier molecular flexibility index (Phi) is 8.31. The van der Waals surface area contributed by atoms with Crippen molar-refractivity contribution in [1.29, 1.82) is 0 Å². The maximum atomic E-state index is 14.7. The van der Waals surface area contributed by atoms with Crippen molar-refractivity contribution >= 4 is 35.0 Å². The van der Waals surface area contributed by atoms with Crippen molar-refractivity contribution in [3.63, 3.8) is 0 Å². The monoisotopic (exact) mass is 557 g/mol. The predicted molar refractivity (Wildman–Crippen MR) is 151 cm³/mol. The number of carbonyl (C=O) groups excluding carboxylic acids is 3. The second kappa shape index (κ2) is 11.1. The SMILES string of the molecule is C=CCN(C)C(=O)[C@H]1[C@H]2C(=O)N([C@@H](CO)[C@@H](C)CC)C(C(=O)N(CC=C)c3ccccc3Cl)C23CC[C@]1(C)O3. The topological polar surface area (TPSA) is 90.4 Å². The van der Waals surface area contributed by atoms with E-state index >= 15 is 0 Å². The van der Waals surface area contributed by atoms with E-state index in [0.29, 0.717) is 36.5 Å². The number of rotatable bonds is 11. The molecule has 7 atom stereocenters. The fourth-order valence-electron chi connectivity index (χ4n) is 6.97. The first-order valence-electron chi connectivity index (χ1n) is 13.7. The van der Waals surface area contributed by atoms with Gasteiger partial charge in [-0.2, -0.15) is 0 Å². The molecule has 3 saturated heterocycles. The maximum absolute atomic E-state index is 14.7. The van der Waals surface area contributed by atoms with Crippen LogP contribution in [0.5, 0.6) is 0 Å². The summed E-state index contributed by atoms with van der Waals surface area (Å²) in [6, 6.07) is 5.38. The van der Waals surface area contributed by atoms with Crippen LogP contribution in [0.2, 0.25) is 5.02 Å². The third kappa shape index (κ3) is 4.50. The highest BCUT2D eigenvalue weighted by Crippen LogP contribution is 2.64. The molecule has 3 amide bonds. The molecule has 1 aromatic carbocycles. The van der Waals surface area contributed by atoms with Gasteiger partial charge in [-0.25, -0.2) is 0 Å². The summed E-state index contributed by atoms with van der Waals surface area (Å²) in [4.78, 5) is 47.5. The van der Waals surface area contributed by atoms with Crippen LogP contribution in [-0.4, -0.2) is 82.7 Å². The number of anilines is 1. The number of para-hydroxylation sites is 1. The van der Waals surface area contributed by atoms with Gasteiger partial charge in [-0.1, -0.05) is 56.2 Å². The number of halogens is 1. The number of fused-ring (bicyclic) bond motifs is 1. The third-order valence-electron chi connectivity index (χ3n) is 9.06. The molecule has 3 heterocycles. The highest BCUT2D eigenvalue weighted by atomic mass is 35.5. The van der Waals surface area contributed by atoms with E-state index in [9.17, 15) is 19.5 Å². The average Bonchev–Trinajstić information content (AvgIpc) is 3.48. The zero-order chi connectivity index (χ0) is 28.7. The summed E-state index contributed by atoms with van der Waals surface area (Å²) < 4.78 is 6.75. The first-order chi connectivity index (χ1) is 18.5. The van der Waals surface area contributed by atoms with E-state index in [1.165, 1.54) is 9.80 Å². The summed E-state index contributed by atoms with van der Waals surface area (Å²) >= 11 is 6.53. The Morgan fingerprint density at radius 3 is 2.49 bits per heavy atom. The number of ether oxygens (including phenoxy) is 1. The summed E-state index contributed by atoms with van der Waals surface area (Å²) in [5.41, 5.74) is -1.60. The van der Waals surface area contributed by atoms with Gasteiger partial charge in [-0.15, -0.1) is 13.2 Å². The smallest absolute Gasteiger partial charge is 0.253 e. The van der Waals surface area contributed by atoms with Gasteiger partial charge < -0.3 is 24.5 Å². The Hall–Kier alpha value is -2.68. The zero-order valence-electron chi connectivity index (χ0n) is 23.3. The Morgan fingerprint density at radius 1 is 1.23 bits per heavy atom. The molecule has 3 fully saturated rings. The van der Waals surface area contributed by atoms with Crippen LogP contribution < -0.4 is 4.90 Å². The largest absolute Gasteiger partial charge is 0.394 e. The van der Waals surface area contributed by atoms with Gasteiger partial charge in [-0.3, -0.25) is 14.4 Å². The minimum atomic E-state index is -1.21. The minimum absolute atomic E-state index is 0.0944. The summed E-state index contributed by atoms with van der Waals surface area (Å²) in [5.74, 6) is -2.59. The first-order valence-corrected chi connectivity index (χ1v) is 14.1. The summed E-state index contributed by atoms with van der Waals surface area (Å²) in [5, 5.41) is 10.9. The number of likely N-dealkylation sites (tertiary alicyclic amines) is 1. The summed E-state index contributed by atoms with van der Waals surface area (Å²) in [6.07, 6.45) is 4.93. The van der Waals surface area contributed by atoms with Crippen LogP contribution in [0.3, 0.4) is 0 Å². The highest BCUT2D eigenvalue weighted by molar-refractivity contribution is 6.34. The van der Waals surface area contributed by atoms with E-state index in [4.69, 9.17) is 16.3 Å². The van der Waals surface area contributed by atoms with Crippen LogP contribution >= 0.6 is 11.6 Å². The molecular weight excluding hydrogens is 518 g/mol. The van der Waals surface area contributed by atoms with Crippen molar-refractivity contribution in [3.8, 4) is 0 Å². The van der Waals surface area contributed by atoms with Crippen LogP contribution in [0.25, 0.3) is 0 Å². The second-order valence-corrected chi connectivity index (χ2v) is 11.7. The number of aliphatic hydroxyl groups is 1. The number of hydrogen-bond acceptors (Lipinski definition) is 5. The van der Waals surface area contributed by atoms with Crippen molar-refractivity contribution in [2.75, 3.05) is 31.6 Å². The van der Waals surface area contributed by atoms with Gasteiger partial charge in [-0.05, 0) is 37.8 Å². The Labute approximate surface area is 236 Å². The molecule has 1 spiro atoms. The number of nitrogens with zero attached hydrogens (tertiary/aromatic N) is 3. The van der Waals surface area contributed by atoms with E-state index < -0.39 is 35.1 Å². The van der Waals surface area contributed by atoms with Crippen LogP contribution in [-0.2, 0) is 19.1 Å². The molecule has 212 valence electrons. The molecule has 0 aliphatic carbocycles. The van der Waals surface area contributed by atoms with Crippen LogP contribution in [0, 0.1) is 17.8 Å². The van der Waals surface area contributed by atoms with Gasteiger partial charge in [0.15, 0.2) is 0 Å².